The van der Waals surface area contributed by atoms with E-state index in [1.807, 2.05) is 0 Å². The summed E-state index contributed by atoms with van der Waals surface area (Å²) < 4.78 is 9.05. The Kier molecular flexibility index (Phi) is 5.79. The van der Waals surface area contributed by atoms with Crippen molar-refractivity contribution in [3.63, 3.8) is 0 Å². The second-order valence-corrected chi connectivity index (χ2v) is 2.53. The molecule has 0 spiro atoms. The summed E-state index contributed by atoms with van der Waals surface area (Å²) in [6, 6.07) is 6.33. The third kappa shape index (κ3) is 3.13. The molecule has 0 saturated heterocycles. The van der Waals surface area contributed by atoms with E-state index in [1.54, 1.807) is 12.1 Å². The molecule has 0 aliphatic carbocycles. The number of rotatable bonds is 2. The van der Waals surface area contributed by atoms with Crippen molar-refractivity contribution in [1.29, 1.82) is 0 Å². The monoisotopic (exact) mass is 258 g/mol. The molecular formula is C10H10O4Zn. The standard InChI is InChI=1S/C10H10O4.Zn/c1-13-9(11)7-5-3-4-6-8(7)10(12)14-2;/h3-6H,1-2H3;. The second-order valence-electron chi connectivity index (χ2n) is 2.53. The molecule has 0 radical (unpaired) electrons. The fraction of sp³-hybridized carbons (Fsp3) is 0.200. The molecule has 0 N–H and O–H groups in total. The van der Waals surface area contributed by atoms with Crippen molar-refractivity contribution >= 4 is 11.9 Å². The second kappa shape index (κ2) is 6.30. The maximum Gasteiger partial charge on any atom is 0.338 e. The Labute approximate surface area is 100 Å². The molecule has 5 heteroatoms. The van der Waals surface area contributed by atoms with E-state index in [0.29, 0.717) is 0 Å². The van der Waals surface area contributed by atoms with Crippen LogP contribution in [-0.2, 0) is 29.0 Å². The number of hydrogen-bond acceptors (Lipinski definition) is 4. The minimum Gasteiger partial charge on any atom is -0.465 e. The third-order valence-corrected chi connectivity index (χ3v) is 1.74. The van der Waals surface area contributed by atoms with Crippen LogP contribution in [0.5, 0.6) is 0 Å². The van der Waals surface area contributed by atoms with Crippen molar-refractivity contribution in [3.05, 3.63) is 35.4 Å². The number of methoxy groups -OCH3 is 2. The quantitative estimate of drug-likeness (QED) is 0.593. The summed E-state index contributed by atoms with van der Waals surface area (Å²) in [6.45, 7) is 0. The topological polar surface area (TPSA) is 52.6 Å². The van der Waals surface area contributed by atoms with Crippen LogP contribution in [0.3, 0.4) is 0 Å². The smallest absolute Gasteiger partial charge is 0.338 e. The van der Waals surface area contributed by atoms with Crippen molar-refractivity contribution < 1.29 is 38.5 Å². The van der Waals surface area contributed by atoms with Gasteiger partial charge in [0.05, 0.1) is 25.3 Å². The van der Waals surface area contributed by atoms with E-state index in [9.17, 15) is 9.59 Å². The Balaban J connectivity index is 0.00000196. The van der Waals surface area contributed by atoms with Crippen LogP contribution in [0.2, 0.25) is 0 Å². The minimum absolute atomic E-state index is 0. The van der Waals surface area contributed by atoms with Gasteiger partial charge in [-0.05, 0) is 12.1 Å². The molecule has 0 aliphatic rings. The first kappa shape index (κ1) is 13.8. The van der Waals surface area contributed by atoms with E-state index in [1.165, 1.54) is 26.4 Å². The summed E-state index contributed by atoms with van der Waals surface area (Å²) in [5.41, 5.74) is 0.420. The van der Waals surface area contributed by atoms with Gasteiger partial charge in [0.1, 0.15) is 0 Å². The molecule has 15 heavy (non-hydrogen) atoms. The zero-order chi connectivity index (χ0) is 10.6. The first-order valence-corrected chi connectivity index (χ1v) is 3.96. The molecule has 0 bridgehead atoms. The van der Waals surface area contributed by atoms with Gasteiger partial charge in [0.2, 0.25) is 0 Å². The normalized spacial score (nSPS) is 8.67. The molecule has 0 heterocycles. The van der Waals surface area contributed by atoms with Gasteiger partial charge in [0.15, 0.2) is 0 Å². The Morgan fingerprint density at radius 3 is 1.53 bits per heavy atom. The molecule has 0 fully saturated rings. The maximum absolute atomic E-state index is 11.2. The molecule has 1 aromatic carbocycles. The van der Waals surface area contributed by atoms with Crippen LogP contribution in [0.4, 0.5) is 0 Å². The van der Waals surface area contributed by atoms with Gasteiger partial charge in [-0.1, -0.05) is 12.1 Å². The van der Waals surface area contributed by atoms with E-state index in [4.69, 9.17) is 0 Å². The van der Waals surface area contributed by atoms with Crippen molar-refractivity contribution in [2.24, 2.45) is 0 Å². The predicted molar refractivity (Wildman–Crippen MR) is 49.1 cm³/mol. The first-order valence-electron chi connectivity index (χ1n) is 3.96. The molecule has 0 atom stereocenters. The maximum atomic E-state index is 11.2. The number of benzene rings is 1. The fourth-order valence-electron chi connectivity index (χ4n) is 1.06. The molecule has 76 valence electrons. The van der Waals surface area contributed by atoms with E-state index in [0.717, 1.165) is 0 Å². The van der Waals surface area contributed by atoms with Crippen molar-refractivity contribution in [2.75, 3.05) is 14.2 Å². The molecule has 0 amide bonds. The van der Waals surface area contributed by atoms with Crippen LogP contribution in [0.1, 0.15) is 20.7 Å². The largest absolute Gasteiger partial charge is 0.465 e. The Bertz CT molecular complexity index is 327. The van der Waals surface area contributed by atoms with Gasteiger partial charge < -0.3 is 9.47 Å². The van der Waals surface area contributed by atoms with E-state index < -0.39 is 11.9 Å². The Morgan fingerprint density at radius 2 is 1.27 bits per heavy atom. The zero-order valence-corrected chi connectivity index (χ0v) is 11.6. The zero-order valence-electron chi connectivity index (χ0n) is 8.65. The van der Waals surface area contributed by atoms with Crippen molar-refractivity contribution in [2.45, 2.75) is 0 Å². The fourth-order valence-corrected chi connectivity index (χ4v) is 1.06. The van der Waals surface area contributed by atoms with Gasteiger partial charge in [0.25, 0.3) is 0 Å². The summed E-state index contributed by atoms with van der Waals surface area (Å²) in [6.07, 6.45) is 0. The van der Waals surface area contributed by atoms with Gasteiger partial charge in [-0.25, -0.2) is 9.59 Å². The molecule has 0 aromatic heterocycles. The molecule has 0 aliphatic heterocycles. The van der Waals surface area contributed by atoms with Crippen molar-refractivity contribution in [3.8, 4) is 0 Å². The van der Waals surface area contributed by atoms with Crippen LogP contribution < -0.4 is 0 Å². The average molecular weight is 260 g/mol. The van der Waals surface area contributed by atoms with Gasteiger partial charge in [-0.3, -0.25) is 0 Å². The molecule has 4 nitrogen and oxygen atoms in total. The van der Waals surface area contributed by atoms with E-state index in [-0.39, 0.29) is 30.6 Å². The van der Waals surface area contributed by atoms with E-state index >= 15 is 0 Å². The van der Waals surface area contributed by atoms with Crippen LogP contribution in [-0.4, -0.2) is 26.2 Å². The summed E-state index contributed by atoms with van der Waals surface area (Å²) >= 11 is 0. The van der Waals surface area contributed by atoms with Gasteiger partial charge >= 0.3 is 11.9 Å². The average Bonchev–Trinajstić information content (AvgIpc) is 2.27. The van der Waals surface area contributed by atoms with Crippen LogP contribution in [0, 0.1) is 0 Å². The minimum atomic E-state index is -0.550. The van der Waals surface area contributed by atoms with Crippen LogP contribution in [0.25, 0.3) is 0 Å². The SMILES string of the molecule is COC(=O)c1ccccc1C(=O)OC.[Zn]. The molecular weight excluding hydrogens is 249 g/mol. The molecule has 1 rings (SSSR count). The van der Waals surface area contributed by atoms with Gasteiger partial charge in [-0.15, -0.1) is 0 Å². The summed E-state index contributed by atoms with van der Waals surface area (Å²) in [5.74, 6) is -1.10. The van der Waals surface area contributed by atoms with Gasteiger partial charge in [-0.2, -0.15) is 0 Å². The van der Waals surface area contributed by atoms with Crippen molar-refractivity contribution in [1.82, 2.24) is 0 Å². The summed E-state index contributed by atoms with van der Waals surface area (Å²) in [7, 11) is 2.52. The number of ether oxygens (including phenoxy) is 2. The first-order chi connectivity index (χ1) is 6.70. The number of esters is 2. The number of hydrogen-bond donors (Lipinski definition) is 0. The predicted octanol–water partition coefficient (Wildman–Crippen LogP) is 1.26. The van der Waals surface area contributed by atoms with Gasteiger partial charge in [0, 0.05) is 19.5 Å². The summed E-state index contributed by atoms with van der Waals surface area (Å²) in [4.78, 5) is 22.4. The number of carbonyl (C=O) groups excluding carboxylic acids is 2. The Hall–Kier alpha value is -1.22. The molecule has 0 unspecified atom stereocenters. The third-order valence-electron chi connectivity index (χ3n) is 1.74. The van der Waals surface area contributed by atoms with Crippen LogP contribution >= 0.6 is 0 Å². The Morgan fingerprint density at radius 1 is 0.933 bits per heavy atom. The van der Waals surface area contributed by atoms with E-state index in [2.05, 4.69) is 9.47 Å². The molecule has 1 aromatic rings. The number of carbonyl (C=O) groups is 2. The summed E-state index contributed by atoms with van der Waals surface area (Å²) in [5, 5.41) is 0. The molecule has 0 saturated carbocycles. The van der Waals surface area contributed by atoms with Crippen LogP contribution in [0.15, 0.2) is 24.3 Å².